The molecule has 3 rings (SSSR count). The number of methoxy groups -OCH3 is 1. The average Bonchev–Trinajstić information content (AvgIpc) is 3.24. The quantitative estimate of drug-likeness (QED) is 0.211. The zero-order chi connectivity index (χ0) is 21.3. The maximum Gasteiger partial charge on any atom is 0.251 e. The molecule has 2 aromatic carbocycles. The van der Waals surface area contributed by atoms with Crippen molar-refractivity contribution in [2.45, 2.75) is 12.5 Å². The molecule has 168 valence electrons. The molecule has 0 aliphatic carbocycles. The molecule has 31 heavy (non-hydrogen) atoms. The van der Waals surface area contributed by atoms with Crippen LogP contribution in [-0.2, 0) is 0 Å². The third-order valence-corrected chi connectivity index (χ3v) is 5.22. The van der Waals surface area contributed by atoms with E-state index in [0.717, 1.165) is 41.9 Å². The molecular formula is C22H29ClIN5O2. The molecule has 1 unspecified atom stereocenters. The zero-order valence-electron chi connectivity index (χ0n) is 17.7. The van der Waals surface area contributed by atoms with Crippen molar-refractivity contribution < 1.29 is 9.53 Å². The minimum absolute atomic E-state index is 0. The minimum Gasteiger partial charge on any atom is -0.497 e. The molecule has 9 heteroatoms. The lowest BCUT2D eigenvalue weighted by atomic mass is 10.2. The maximum atomic E-state index is 12.2. The number of amides is 1. The van der Waals surface area contributed by atoms with Crippen LogP contribution >= 0.6 is 35.6 Å². The van der Waals surface area contributed by atoms with Crippen LogP contribution in [0.4, 0.5) is 5.69 Å². The van der Waals surface area contributed by atoms with Gasteiger partial charge in [-0.1, -0.05) is 17.7 Å². The summed E-state index contributed by atoms with van der Waals surface area (Å²) in [6, 6.07) is 15.2. The summed E-state index contributed by atoms with van der Waals surface area (Å²) in [7, 11) is 3.34. The van der Waals surface area contributed by atoms with Gasteiger partial charge in [0.05, 0.1) is 7.11 Å². The SMILES string of the molecule is CN=C(NCCNC(=O)c1ccc(OC)cc1)NC1CCN(c2cccc(Cl)c2)C1.I. The topological polar surface area (TPSA) is 78.0 Å². The van der Waals surface area contributed by atoms with Gasteiger partial charge in [-0.25, -0.2) is 0 Å². The lowest BCUT2D eigenvalue weighted by Gasteiger charge is -2.20. The monoisotopic (exact) mass is 557 g/mol. The highest BCUT2D eigenvalue weighted by Gasteiger charge is 2.23. The normalized spacial score (nSPS) is 15.8. The summed E-state index contributed by atoms with van der Waals surface area (Å²) >= 11 is 6.11. The van der Waals surface area contributed by atoms with Crippen LogP contribution in [0, 0.1) is 0 Å². The Morgan fingerprint density at radius 2 is 1.94 bits per heavy atom. The van der Waals surface area contributed by atoms with Crippen molar-refractivity contribution in [3.8, 4) is 5.75 Å². The van der Waals surface area contributed by atoms with E-state index < -0.39 is 0 Å². The van der Waals surface area contributed by atoms with Crippen LogP contribution in [0.1, 0.15) is 16.8 Å². The molecule has 1 atom stereocenters. The minimum atomic E-state index is -0.115. The van der Waals surface area contributed by atoms with Crippen LogP contribution < -0.4 is 25.6 Å². The van der Waals surface area contributed by atoms with Crippen LogP contribution in [0.2, 0.25) is 5.02 Å². The summed E-state index contributed by atoms with van der Waals surface area (Å²) in [5, 5.41) is 10.3. The Hall–Kier alpha value is -2.20. The molecule has 1 saturated heterocycles. The van der Waals surface area contributed by atoms with E-state index in [1.54, 1.807) is 38.4 Å². The predicted molar refractivity (Wildman–Crippen MR) is 137 cm³/mol. The van der Waals surface area contributed by atoms with Gasteiger partial charge in [0.1, 0.15) is 5.75 Å². The second kappa shape index (κ2) is 12.6. The number of carbonyl (C=O) groups is 1. The number of hydrogen-bond acceptors (Lipinski definition) is 4. The third kappa shape index (κ3) is 7.46. The van der Waals surface area contributed by atoms with Crippen LogP contribution in [-0.4, -0.2) is 58.2 Å². The van der Waals surface area contributed by atoms with Crippen molar-refractivity contribution in [2.24, 2.45) is 4.99 Å². The fourth-order valence-electron chi connectivity index (χ4n) is 3.37. The van der Waals surface area contributed by atoms with Gasteiger partial charge in [-0.15, -0.1) is 24.0 Å². The fourth-order valence-corrected chi connectivity index (χ4v) is 3.56. The lowest BCUT2D eigenvalue weighted by molar-refractivity contribution is 0.0954. The molecule has 0 bridgehead atoms. The summed E-state index contributed by atoms with van der Waals surface area (Å²) in [5.41, 5.74) is 1.74. The van der Waals surface area contributed by atoms with Crippen LogP contribution in [0.5, 0.6) is 5.75 Å². The molecule has 7 nitrogen and oxygen atoms in total. The van der Waals surface area contributed by atoms with E-state index in [1.807, 2.05) is 18.2 Å². The highest BCUT2D eigenvalue weighted by atomic mass is 127. The van der Waals surface area contributed by atoms with E-state index in [2.05, 4.69) is 31.9 Å². The Morgan fingerprint density at radius 1 is 1.19 bits per heavy atom. The Morgan fingerprint density at radius 3 is 2.61 bits per heavy atom. The smallest absolute Gasteiger partial charge is 0.251 e. The van der Waals surface area contributed by atoms with Gasteiger partial charge in [0.2, 0.25) is 0 Å². The van der Waals surface area contributed by atoms with E-state index >= 15 is 0 Å². The second-order valence-corrected chi connectivity index (χ2v) is 7.48. The molecule has 0 radical (unpaired) electrons. The van der Waals surface area contributed by atoms with Gasteiger partial charge < -0.3 is 25.6 Å². The Kier molecular flexibility index (Phi) is 10.2. The summed E-state index contributed by atoms with van der Waals surface area (Å²) in [5.74, 6) is 1.34. The lowest BCUT2D eigenvalue weighted by Crippen LogP contribution is -2.46. The van der Waals surface area contributed by atoms with Crippen LogP contribution in [0.25, 0.3) is 0 Å². The highest BCUT2D eigenvalue weighted by Crippen LogP contribution is 2.23. The summed E-state index contributed by atoms with van der Waals surface area (Å²) in [6.45, 7) is 2.92. The number of rotatable bonds is 7. The van der Waals surface area contributed by atoms with Crippen LogP contribution in [0.15, 0.2) is 53.5 Å². The molecular weight excluding hydrogens is 529 g/mol. The van der Waals surface area contributed by atoms with Gasteiger partial charge in [0.15, 0.2) is 5.96 Å². The van der Waals surface area contributed by atoms with Crippen molar-refractivity contribution in [3.05, 3.63) is 59.1 Å². The predicted octanol–water partition coefficient (Wildman–Crippen LogP) is 3.14. The first-order valence-corrected chi connectivity index (χ1v) is 10.4. The van der Waals surface area contributed by atoms with Gasteiger partial charge in [-0.3, -0.25) is 9.79 Å². The number of ether oxygens (including phenoxy) is 1. The molecule has 3 N–H and O–H groups in total. The number of anilines is 1. The number of guanidine groups is 1. The first-order valence-electron chi connectivity index (χ1n) is 9.99. The zero-order valence-corrected chi connectivity index (χ0v) is 20.8. The van der Waals surface area contributed by atoms with E-state index in [9.17, 15) is 4.79 Å². The van der Waals surface area contributed by atoms with E-state index in [0.29, 0.717) is 24.7 Å². The Bertz CT molecular complexity index is 878. The molecule has 1 aliphatic rings. The summed E-state index contributed by atoms with van der Waals surface area (Å²) < 4.78 is 5.11. The van der Waals surface area contributed by atoms with Gasteiger partial charge in [-0.05, 0) is 48.9 Å². The van der Waals surface area contributed by atoms with E-state index in [4.69, 9.17) is 16.3 Å². The van der Waals surface area contributed by atoms with Crippen LogP contribution in [0.3, 0.4) is 0 Å². The van der Waals surface area contributed by atoms with Crippen molar-refractivity contribution in [2.75, 3.05) is 45.2 Å². The van der Waals surface area contributed by atoms with Gasteiger partial charge in [0, 0.05) is 55.5 Å². The average molecular weight is 558 g/mol. The largest absolute Gasteiger partial charge is 0.497 e. The molecule has 2 aromatic rings. The fraction of sp³-hybridized carbons (Fsp3) is 0.364. The summed E-state index contributed by atoms with van der Waals surface area (Å²) in [4.78, 5) is 18.8. The van der Waals surface area contributed by atoms with Crippen molar-refractivity contribution in [1.29, 1.82) is 0 Å². The van der Waals surface area contributed by atoms with Gasteiger partial charge in [-0.2, -0.15) is 0 Å². The molecule has 0 saturated carbocycles. The number of nitrogens with one attached hydrogen (secondary N) is 3. The molecule has 0 aromatic heterocycles. The van der Waals surface area contributed by atoms with Gasteiger partial charge >= 0.3 is 0 Å². The number of halogens is 2. The maximum absolute atomic E-state index is 12.2. The number of hydrogen-bond donors (Lipinski definition) is 3. The first-order chi connectivity index (χ1) is 14.6. The van der Waals surface area contributed by atoms with Crippen molar-refractivity contribution >= 4 is 53.1 Å². The van der Waals surface area contributed by atoms with Gasteiger partial charge in [0.25, 0.3) is 5.91 Å². The third-order valence-electron chi connectivity index (χ3n) is 4.98. The number of aliphatic imine (C=N–C) groups is 1. The highest BCUT2D eigenvalue weighted by molar-refractivity contribution is 14.0. The molecule has 1 heterocycles. The molecule has 1 amide bonds. The van der Waals surface area contributed by atoms with Crippen molar-refractivity contribution in [3.63, 3.8) is 0 Å². The molecule has 1 fully saturated rings. The summed E-state index contributed by atoms with van der Waals surface area (Å²) in [6.07, 6.45) is 1.02. The van der Waals surface area contributed by atoms with Crippen molar-refractivity contribution in [1.82, 2.24) is 16.0 Å². The Labute approximate surface area is 205 Å². The van der Waals surface area contributed by atoms with E-state index in [-0.39, 0.29) is 29.9 Å². The first kappa shape index (κ1) is 25.1. The standard InChI is InChI=1S/C22H28ClN5O2.HI/c1-24-22(26-12-11-25-21(29)16-6-8-20(30-2)9-7-16)27-18-10-13-28(15-18)19-5-3-4-17(23)14-19;/h3-9,14,18H,10-13,15H2,1-2H3,(H,25,29)(H2,24,26,27);1H. The second-order valence-electron chi connectivity index (χ2n) is 7.04. The molecule has 1 aliphatic heterocycles. The number of carbonyl (C=O) groups excluding carboxylic acids is 1. The molecule has 0 spiro atoms. The van der Waals surface area contributed by atoms with E-state index in [1.165, 1.54) is 0 Å². The number of nitrogens with zero attached hydrogens (tertiary/aromatic N) is 2. The number of benzene rings is 2. The Balaban J connectivity index is 0.00000341.